The lowest BCUT2D eigenvalue weighted by Crippen LogP contribution is -2.33. The van der Waals surface area contributed by atoms with Crippen LogP contribution in [0.15, 0.2) is 35.5 Å². The first-order valence-electron chi connectivity index (χ1n) is 9.69. The second-order valence-corrected chi connectivity index (χ2v) is 8.21. The zero-order valence-corrected chi connectivity index (χ0v) is 16.0. The average Bonchev–Trinajstić information content (AvgIpc) is 3.47. The topological polar surface area (TPSA) is 51.0 Å². The van der Waals surface area contributed by atoms with Crippen molar-refractivity contribution in [1.82, 2.24) is 19.7 Å². The quantitative estimate of drug-likeness (QED) is 0.728. The largest absolute Gasteiger partial charge is 0.342 e. The van der Waals surface area contributed by atoms with Crippen LogP contribution < -0.4 is 0 Å². The van der Waals surface area contributed by atoms with Gasteiger partial charge in [-0.2, -0.15) is 0 Å². The summed E-state index contributed by atoms with van der Waals surface area (Å²) in [6.07, 6.45) is 7.15. The standard InChI is InChI=1S/C20H26N4OS/c25-18(23-12-6-1-2-7-13-23)15-26-20-22-21-19(17-10-11-17)24(20)14-16-8-4-3-5-9-16/h3-5,8-9,17H,1-2,6-7,10-15H2. The van der Waals surface area contributed by atoms with Crippen LogP contribution in [0.1, 0.15) is 55.8 Å². The first-order chi connectivity index (χ1) is 12.8. The molecule has 4 rings (SSSR count). The number of hydrogen-bond acceptors (Lipinski definition) is 4. The summed E-state index contributed by atoms with van der Waals surface area (Å²) in [7, 11) is 0. The summed E-state index contributed by atoms with van der Waals surface area (Å²) in [5.41, 5.74) is 1.25. The predicted molar refractivity (Wildman–Crippen MR) is 103 cm³/mol. The van der Waals surface area contributed by atoms with Gasteiger partial charge >= 0.3 is 0 Å². The minimum atomic E-state index is 0.235. The van der Waals surface area contributed by atoms with Crippen LogP contribution in [0.3, 0.4) is 0 Å². The van der Waals surface area contributed by atoms with Gasteiger partial charge in [-0.25, -0.2) is 0 Å². The van der Waals surface area contributed by atoms with Gasteiger partial charge in [0.05, 0.1) is 12.3 Å². The molecule has 1 saturated heterocycles. The maximum atomic E-state index is 12.6. The first kappa shape index (κ1) is 17.6. The molecule has 26 heavy (non-hydrogen) atoms. The Morgan fingerprint density at radius 3 is 2.46 bits per heavy atom. The van der Waals surface area contributed by atoms with Crippen LogP contribution in [0.25, 0.3) is 0 Å². The number of rotatable bonds is 6. The van der Waals surface area contributed by atoms with E-state index in [-0.39, 0.29) is 5.91 Å². The van der Waals surface area contributed by atoms with E-state index in [1.807, 2.05) is 11.0 Å². The van der Waals surface area contributed by atoms with E-state index >= 15 is 0 Å². The number of benzene rings is 1. The molecule has 2 aliphatic rings. The van der Waals surface area contributed by atoms with E-state index in [1.54, 1.807) is 0 Å². The molecular weight excluding hydrogens is 344 g/mol. The third-order valence-corrected chi connectivity index (χ3v) is 6.11. The van der Waals surface area contributed by atoms with Gasteiger partial charge in [-0.15, -0.1) is 10.2 Å². The minimum Gasteiger partial charge on any atom is -0.342 e. The number of thioether (sulfide) groups is 1. The van der Waals surface area contributed by atoms with Gasteiger partial charge in [-0.1, -0.05) is 54.9 Å². The minimum absolute atomic E-state index is 0.235. The van der Waals surface area contributed by atoms with Crippen LogP contribution in [-0.2, 0) is 11.3 Å². The number of aromatic nitrogens is 3. The van der Waals surface area contributed by atoms with Crippen LogP contribution in [0, 0.1) is 0 Å². The molecular formula is C20H26N4OS. The van der Waals surface area contributed by atoms with Crippen molar-refractivity contribution >= 4 is 17.7 Å². The fourth-order valence-electron chi connectivity index (χ4n) is 3.50. The molecule has 5 nitrogen and oxygen atoms in total. The van der Waals surface area contributed by atoms with Crippen molar-refractivity contribution in [2.24, 2.45) is 0 Å². The molecule has 2 heterocycles. The molecule has 1 aliphatic heterocycles. The fraction of sp³-hybridized carbons (Fsp3) is 0.550. The Kier molecular flexibility index (Phi) is 5.58. The molecule has 0 bridgehead atoms. The molecule has 1 saturated carbocycles. The second kappa shape index (κ2) is 8.25. The Hall–Kier alpha value is -1.82. The van der Waals surface area contributed by atoms with Gasteiger partial charge in [0, 0.05) is 19.0 Å². The zero-order valence-electron chi connectivity index (χ0n) is 15.1. The van der Waals surface area contributed by atoms with Gasteiger partial charge < -0.3 is 9.47 Å². The summed E-state index contributed by atoms with van der Waals surface area (Å²) >= 11 is 1.54. The Morgan fingerprint density at radius 2 is 1.77 bits per heavy atom. The van der Waals surface area contributed by atoms with E-state index in [1.165, 1.54) is 43.0 Å². The summed E-state index contributed by atoms with van der Waals surface area (Å²) in [5, 5.41) is 9.74. The molecule has 1 aromatic carbocycles. The lowest BCUT2D eigenvalue weighted by atomic mass is 10.2. The van der Waals surface area contributed by atoms with Crippen molar-refractivity contribution in [3.8, 4) is 0 Å². The van der Waals surface area contributed by atoms with Gasteiger partial charge in [-0.05, 0) is 31.2 Å². The van der Waals surface area contributed by atoms with E-state index in [0.29, 0.717) is 11.7 Å². The molecule has 2 fully saturated rings. The highest BCUT2D eigenvalue weighted by Crippen LogP contribution is 2.40. The number of hydrogen-bond donors (Lipinski definition) is 0. The molecule has 1 amide bonds. The predicted octanol–water partition coefficient (Wildman–Crippen LogP) is 3.70. The summed E-state index contributed by atoms with van der Waals surface area (Å²) in [6.45, 7) is 2.59. The highest BCUT2D eigenvalue weighted by atomic mass is 32.2. The fourth-order valence-corrected chi connectivity index (χ4v) is 4.35. The van der Waals surface area contributed by atoms with Crippen LogP contribution in [-0.4, -0.2) is 44.4 Å². The molecule has 0 unspecified atom stereocenters. The smallest absolute Gasteiger partial charge is 0.233 e. The summed E-state index contributed by atoms with van der Waals surface area (Å²) in [6, 6.07) is 10.4. The Morgan fingerprint density at radius 1 is 1.04 bits per heavy atom. The molecule has 0 spiro atoms. The van der Waals surface area contributed by atoms with Gasteiger partial charge in [-0.3, -0.25) is 4.79 Å². The number of amides is 1. The van der Waals surface area contributed by atoms with E-state index in [4.69, 9.17) is 0 Å². The molecule has 2 aromatic rings. The third kappa shape index (κ3) is 4.29. The maximum Gasteiger partial charge on any atom is 0.233 e. The average molecular weight is 371 g/mol. The highest BCUT2D eigenvalue weighted by molar-refractivity contribution is 7.99. The number of nitrogens with zero attached hydrogens (tertiary/aromatic N) is 4. The van der Waals surface area contributed by atoms with Crippen molar-refractivity contribution < 1.29 is 4.79 Å². The van der Waals surface area contributed by atoms with Gasteiger partial charge in [0.25, 0.3) is 0 Å². The highest BCUT2D eigenvalue weighted by Gasteiger charge is 2.30. The van der Waals surface area contributed by atoms with Crippen LogP contribution >= 0.6 is 11.8 Å². The molecule has 1 aliphatic carbocycles. The van der Waals surface area contributed by atoms with E-state index in [9.17, 15) is 4.79 Å². The van der Waals surface area contributed by atoms with Crippen LogP contribution in [0.5, 0.6) is 0 Å². The van der Waals surface area contributed by atoms with Gasteiger partial charge in [0.1, 0.15) is 5.82 Å². The first-order valence-corrected chi connectivity index (χ1v) is 10.7. The molecule has 0 atom stereocenters. The van der Waals surface area contributed by atoms with Crippen molar-refractivity contribution in [2.45, 2.75) is 56.1 Å². The third-order valence-electron chi connectivity index (χ3n) is 5.15. The second-order valence-electron chi connectivity index (χ2n) is 7.27. The lowest BCUT2D eigenvalue weighted by molar-refractivity contribution is -0.128. The van der Waals surface area contributed by atoms with Gasteiger partial charge in [0.2, 0.25) is 5.91 Å². The normalized spacial score (nSPS) is 17.9. The van der Waals surface area contributed by atoms with E-state index in [0.717, 1.165) is 43.5 Å². The van der Waals surface area contributed by atoms with E-state index < -0.39 is 0 Å². The SMILES string of the molecule is O=C(CSc1nnc(C2CC2)n1Cc1ccccc1)N1CCCCCC1. The zero-order chi connectivity index (χ0) is 17.8. The van der Waals surface area contributed by atoms with Crippen molar-refractivity contribution in [3.05, 3.63) is 41.7 Å². The summed E-state index contributed by atoms with van der Waals surface area (Å²) in [5.74, 6) is 2.32. The Bertz CT molecular complexity index is 734. The molecule has 138 valence electrons. The Balaban J connectivity index is 1.45. The summed E-state index contributed by atoms with van der Waals surface area (Å²) < 4.78 is 2.22. The molecule has 0 radical (unpaired) electrons. The molecule has 0 N–H and O–H groups in total. The van der Waals surface area contributed by atoms with Crippen LogP contribution in [0.2, 0.25) is 0 Å². The molecule has 6 heteroatoms. The lowest BCUT2D eigenvalue weighted by Gasteiger charge is -2.20. The van der Waals surface area contributed by atoms with Gasteiger partial charge in [0.15, 0.2) is 5.16 Å². The number of carbonyl (C=O) groups is 1. The number of likely N-dealkylation sites (tertiary alicyclic amines) is 1. The molecule has 1 aromatic heterocycles. The maximum absolute atomic E-state index is 12.6. The Labute approximate surface area is 159 Å². The van der Waals surface area contributed by atoms with Crippen LogP contribution in [0.4, 0.5) is 0 Å². The van der Waals surface area contributed by atoms with Crippen molar-refractivity contribution in [3.63, 3.8) is 0 Å². The van der Waals surface area contributed by atoms with E-state index in [2.05, 4.69) is 39.0 Å². The monoisotopic (exact) mass is 370 g/mol. The summed E-state index contributed by atoms with van der Waals surface area (Å²) in [4.78, 5) is 14.6. The number of carbonyl (C=O) groups excluding carboxylic acids is 1. The van der Waals surface area contributed by atoms with Crippen molar-refractivity contribution in [2.75, 3.05) is 18.8 Å². The van der Waals surface area contributed by atoms with Crippen molar-refractivity contribution in [1.29, 1.82) is 0 Å².